The number of hydrogen-bond donors (Lipinski definition) is 1. The Labute approximate surface area is 225 Å². The standard InChI is InChI=1S/C29H41NO8/c1-19(2)8-7-11-28(6)22-15-29(17-30(12-13-36-29)26(33)38-27(3,4)5)18-35-25(22)21-10-9-20(14-23(21)37-28)34-16-24(31)32/h8-10,14,22,25H,7,11-13,15-18H2,1-6H3,(H,31,32)/t22-,25+,28+,29+/m0/s1. The van der Waals surface area contributed by atoms with Gasteiger partial charge < -0.3 is 33.7 Å². The first-order chi connectivity index (χ1) is 17.8. The number of ether oxygens (including phenoxy) is 5. The van der Waals surface area contributed by atoms with Gasteiger partial charge in [0.1, 0.15) is 28.3 Å². The molecule has 210 valence electrons. The van der Waals surface area contributed by atoms with E-state index in [-0.39, 0.29) is 18.1 Å². The molecule has 0 radical (unpaired) electrons. The number of carbonyl (C=O) groups is 2. The van der Waals surface area contributed by atoms with Gasteiger partial charge in [-0.25, -0.2) is 9.59 Å². The number of aliphatic carboxylic acids is 1. The fourth-order valence-corrected chi connectivity index (χ4v) is 5.59. The minimum absolute atomic E-state index is 0.0290. The minimum atomic E-state index is -1.04. The van der Waals surface area contributed by atoms with Crippen molar-refractivity contribution in [2.45, 2.75) is 83.7 Å². The van der Waals surface area contributed by atoms with Gasteiger partial charge in [0.05, 0.1) is 25.9 Å². The number of hydrogen-bond acceptors (Lipinski definition) is 7. The van der Waals surface area contributed by atoms with Crippen molar-refractivity contribution in [3.05, 3.63) is 35.4 Å². The van der Waals surface area contributed by atoms with E-state index in [1.54, 1.807) is 17.0 Å². The molecule has 3 aliphatic heterocycles. The molecule has 1 spiro atoms. The third kappa shape index (κ3) is 6.43. The summed E-state index contributed by atoms with van der Waals surface area (Å²) in [7, 11) is 0. The first-order valence-electron chi connectivity index (χ1n) is 13.3. The summed E-state index contributed by atoms with van der Waals surface area (Å²) in [5.41, 5.74) is 0.339. The van der Waals surface area contributed by atoms with Crippen LogP contribution >= 0.6 is 0 Å². The number of rotatable bonds is 6. The lowest BCUT2D eigenvalue weighted by Crippen LogP contribution is -2.63. The van der Waals surface area contributed by atoms with Gasteiger partial charge in [-0.15, -0.1) is 0 Å². The third-order valence-corrected chi connectivity index (χ3v) is 7.36. The molecule has 0 unspecified atom stereocenters. The fourth-order valence-electron chi connectivity index (χ4n) is 5.59. The molecule has 0 saturated carbocycles. The lowest BCUT2D eigenvalue weighted by atomic mass is 9.69. The quantitative estimate of drug-likeness (QED) is 0.504. The average molecular weight is 532 g/mol. The second-order valence-corrected chi connectivity index (χ2v) is 12.1. The monoisotopic (exact) mass is 531 g/mol. The number of allylic oxidation sites excluding steroid dienone is 2. The van der Waals surface area contributed by atoms with Gasteiger partial charge in [0.25, 0.3) is 0 Å². The van der Waals surface area contributed by atoms with Crippen molar-refractivity contribution in [3.8, 4) is 11.5 Å². The summed E-state index contributed by atoms with van der Waals surface area (Å²) in [5, 5.41) is 9.00. The summed E-state index contributed by atoms with van der Waals surface area (Å²) in [6.07, 6.45) is 3.90. The van der Waals surface area contributed by atoms with Gasteiger partial charge in [-0.3, -0.25) is 0 Å². The van der Waals surface area contributed by atoms with E-state index in [2.05, 4.69) is 26.8 Å². The molecule has 9 heteroatoms. The van der Waals surface area contributed by atoms with Crippen molar-refractivity contribution >= 4 is 12.1 Å². The van der Waals surface area contributed by atoms with Crippen molar-refractivity contribution in [3.63, 3.8) is 0 Å². The maximum absolute atomic E-state index is 12.9. The molecule has 38 heavy (non-hydrogen) atoms. The highest BCUT2D eigenvalue weighted by Gasteiger charge is 2.55. The molecule has 2 saturated heterocycles. The summed E-state index contributed by atoms with van der Waals surface area (Å²) in [4.78, 5) is 25.6. The molecular formula is C29H41NO8. The second-order valence-electron chi connectivity index (χ2n) is 12.1. The van der Waals surface area contributed by atoms with E-state index >= 15 is 0 Å². The number of carbonyl (C=O) groups excluding carboxylic acids is 1. The van der Waals surface area contributed by atoms with E-state index in [4.69, 9.17) is 28.8 Å². The van der Waals surface area contributed by atoms with Crippen molar-refractivity contribution in [2.24, 2.45) is 5.92 Å². The molecular weight excluding hydrogens is 490 g/mol. The number of carboxylic acids is 1. The van der Waals surface area contributed by atoms with E-state index in [1.807, 2.05) is 26.8 Å². The molecule has 9 nitrogen and oxygen atoms in total. The second kappa shape index (κ2) is 10.8. The Balaban J connectivity index is 1.61. The summed E-state index contributed by atoms with van der Waals surface area (Å²) >= 11 is 0. The van der Waals surface area contributed by atoms with Crippen LogP contribution < -0.4 is 9.47 Å². The number of carboxylic acid groups (broad SMARTS) is 1. The summed E-state index contributed by atoms with van der Waals surface area (Å²) in [6, 6.07) is 5.40. The van der Waals surface area contributed by atoms with Crippen LogP contribution in [0.15, 0.2) is 29.8 Å². The summed E-state index contributed by atoms with van der Waals surface area (Å²) in [6.45, 7) is 13.0. The van der Waals surface area contributed by atoms with Crippen LogP contribution in [0.2, 0.25) is 0 Å². The lowest BCUT2D eigenvalue weighted by Gasteiger charge is -2.55. The van der Waals surface area contributed by atoms with Gasteiger partial charge in [-0.1, -0.05) is 11.6 Å². The first kappa shape index (κ1) is 28.2. The Kier molecular flexibility index (Phi) is 8.00. The zero-order chi connectivity index (χ0) is 27.7. The van der Waals surface area contributed by atoms with Crippen molar-refractivity contribution in [1.29, 1.82) is 0 Å². The maximum Gasteiger partial charge on any atom is 0.410 e. The predicted molar refractivity (Wildman–Crippen MR) is 141 cm³/mol. The van der Waals surface area contributed by atoms with Crippen LogP contribution in [-0.4, -0.2) is 71.8 Å². The van der Waals surface area contributed by atoms with Crippen molar-refractivity contribution in [2.75, 3.05) is 32.9 Å². The molecule has 1 amide bonds. The Morgan fingerprint density at radius 3 is 2.71 bits per heavy atom. The molecule has 4 rings (SSSR count). The molecule has 0 aliphatic carbocycles. The highest BCUT2D eigenvalue weighted by Crippen LogP contribution is 2.54. The van der Waals surface area contributed by atoms with Crippen LogP contribution in [0.5, 0.6) is 11.5 Å². The number of morpholine rings is 1. The Morgan fingerprint density at radius 1 is 1.26 bits per heavy atom. The number of benzene rings is 1. The largest absolute Gasteiger partial charge is 0.487 e. The average Bonchev–Trinajstić information content (AvgIpc) is 2.81. The predicted octanol–water partition coefficient (Wildman–Crippen LogP) is 5.13. The fraction of sp³-hybridized carbons (Fsp3) is 0.655. The molecule has 2 fully saturated rings. The van der Waals surface area contributed by atoms with Gasteiger partial charge in [0.2, 0.25) is 0 Å². The molecule has 1 aromatic rings. The van der Waals surface area contributed by atoms with Crippen LogP contribution in [-0.2, 0) is 19.0 Å². The van der Waals surface area contributed by atoms with Crippen LogP contribution in [0.3, 0.4) is 0 Å². The van der Waals surface area contributed by atoms with Crippen molar-refractivity contribution < 1.29 is 38.4 Å². The van der Waals surface area contributed by atoms with E-state index in [1.165, 1.54) is 5.57 Å². The number of amides is 1. The molecule has 0 aromatic heterocycles. The number of nitrogens with zero attached hydrogens (tertiary/aromatic N) is 1. The van der Waals surface area contributed by atoms with Crippen LogP contribution in [0, 0.1) is 5.92 Å². The number of fused-ring (bicyclic) bond motifs is 3. The van der Waals surface area contributed by atoms with E-state index in [9.17, 15) is 9.59 Å². The summed E-state index contributed by atoms with van der Waals surface area (Å²) < 4.78 is 30.6. The molecule has 0 bridgehead atoms. The van der Waals surface area contributed by atoms with Crippen LogP contribution in [0.25, 0.3) is 0 Å². The first-order valence-corrected chi connectivity index (χ1v) is 13.3. The zero-order valence-corrected chi connectivity index (χ0v) is 23.4. The summed E-state index contributed by atoms with van der Waals surface area (Å²) in [5.74, 6) is 0.0136. The topological polar surface area (TPSA) is 104 Å². The van der Waals surface area contributed by atoms with Gasteiger partial charge in [0, 0.05) is 24.1 Å². The van der Waals surface area contributed by atoms with E-state index in [0.717, 1.165) is 18.4 Å². The van der Waals surface area contributed by atoms with Gasteiger partial charge >= 0.3 is 12.1 Å². The van der Waals surface area contributed by atoms with Crippen molar-refractivity contribution in [1.82, 2.24) is 4.90 Å². The Hall–Kier alpha value is -2.78. The highest BCUT2D eigenvalue weighted by molar-refractivity contribution is 5.69. The Bertz CT molecular complexity index is 1070. The highest BCUT2D eigenvalue weighted by atomic mass is 16.6. The zero-order valence-electron chi connectivity index (χ0n) is 23.4. The molecule has 3 heterocycles. The smallest absolute Gasteiger partial charge is 0.410 e. The Morgan fingerprint density at radius 2 is 2.03 bits per heavy atom. The molecule has 1 N–H and O–H groups in total. The minimum Gasteiger partial charge on any atom is -0.487 e. The maximum atomic E-state index is 12.9. The van der Waals surface area contributed by atoms with Gasteiger partial charge in [-0.05, 0) is 72.9 Å². The molecule has 1 aromatic carbocycles. The molecule has 4 atom stereocenters. The molecule has 3 aliphatic rings. The van der Waals surface area contributed by atoms with Gasteiger partial charge in [-0.2, -0.15) is 0 Å². The van der Waals surface area contributed by atoms with Gasteiger partial charge in [0.15, 0.2) is 6.61 Å². The van der Waals surface area contributed by atoms with E-state index < -0.39 is 29.4 Å². The lowest BCUT2D eigenvalue weighted by molar-refractivity contribution is -0.231. The van der Waals surface area contributed by atoms with Crippen LogP contribution in [0.4, 0.5) is 4.79 Å². The third-order valence-electron chi connectivity index (χ3n) is 7.36. The normalized spacial score (nSPS) is 28.5. The SMILES string of the molecule is CC(C)=CCC[C@@]1(C)Oc2cc(OCC(=O)O)ccc2[C@H]2OC[C@@]3(C[C@@H]21)CN(C(=O)OC(C)(C)C)CCO3. The van der Waals surface area contributed by atoms with E-state index in [0.29, 0.717) is 44.2 Å². The van der Waals surface area contributed by atoms with Crippen LogP contribution in [0.1, 0.15) is 72.5 Å².